The zero-order valence-electron chi connectivity index (χ0n) is 14.0. The molecular weight excluding hydrogens is 411 g/mol. The van der Waals surface area contributed by atoms with Gasteiger partial charge >= 0.3 is 0 Å². The second kappa shape index (κ2) is 13.1. The molecule has 22 heavy (non-hydrogen) atoms. The number of thiazole rings is 1. The van der Waals surface area contributed by atoms with E-state index in [1.54, 1.807) is 11.3 Å². The SMILES string of the molecule is CCNC(=NCCCOC(C)C)NCCc1csc(C)n1.I. The Hall–Kier alpha value is -0.410. The van der Waals surface area contributed by atoms with Gasteiger partial charge in [-0.25, -0.2) is 4.98 Å². The third kappa shape index (κ3) is 10.3. The van der Waals surface area contributed by atoms with E-state index in [9.17, 15) is 0 Å². The van der Waals surface area contributed by atoms with Crippen LogP contribution in [0.5, 0.6) is 0 Å². The number of aromatic nitrogens is 1. The van der Waals surface area contributed by atoms with Crippen molar-refractivity contribution in [2.24, 2.45) is 4.99 Å². The average molecular weight is 440 g/mol. The van der Waals surface area contributed by atoms with E-state index in [2.05, 4.69) is 46.8 Å². The quantitative estimate of drug-likeness (QED) is 0.268. The zero-order chi connectivity index (χ0) is 15.5. The molecule has 0 aliphatic carbocycles. The summed E-state index contributed by atoms with van der Waals surface area (Å²) in [6, 6.07) is 0. The van der Waals surface area contributed by atoms with Gasteiger partial charge in [0, 0.05) is 38.0 Å². The van der Waals surface area contributed by atoms with Crippen molar-refractivity contribution >= 4 is 41.3 Å². The Balaban J connectivity index is 0.00000441. The van der Waals surface area contributed by atoms with Crippen molar-refractivity contribution in [2.45, 2.75) is 46.6 Å². The van der Waals surface area contributed by atoms with Crippen molar-refractivity contribution in [1.82, 2.24) is 15.6 Å². The summed E-state index contributed by atoms with van der Waals surface area (Å²) in [5, 5.41) is 9.83. The minimum atomic E-state index is 0. The summed E-state index contributed by atoms with van der Waals surface area (Å²) in [6.45, 7) is 11.5. The minimum Gasteiger partial charge on any atom is -0.379 e. The molecule has 0 atom stereocenters. The van der Waals surface area contributed by atoms with Gasteiger partial charge in [-0.05, 0) is 34.1 Å². The Kier molecular flexibility index (Phi) is 12.8. The predicted octanol–water partition coefficient (Wildman–Crippen LogP) is 2.98. The second-order valence-corrected chi connectivity index (χ2v) is 6.13. The molecule has 1 rings (SSSR count). The van der Waals surface area contributed by atoms with Crippen LogP contribution in [0.1, 0.15) is 37.9 Å². The maximum Gasteiger partial charge on any atom is 0.191 e. The fourth-order valence-corrected chi connectivity index (χ4v) is 2.40. The van der Waals surface area contributed by atoms with Crippen molar-refractivity contribution in [3.63, 3.8) is 0 Å². The molecular formula is C15H29IN4OS. The van der Waals surface area contributed by atoms with Crippen LogP contribution < -0.4 is 10.6 Å². The summed E-state index contributed by atoms with van der Waals surface area (Å²) < 4.78 is 5.51. The van der Waals surface area contributed by atoms with Crippen molar-refractivity contribution in [1.29, 1.82) is 0 Å². The lowest BCUT2D eigenvalue weighted by Gasteiger charge is -2.11. The number of hydrogen-bond acceptors (Lipinski definition) is 4. The maximum atomic E-state index is 5.51. The summed E-state index contributed by atoms with van der Waals surface area (Å²) in [5.74, 6) is 0.869. The van der Waals surface area contributed by atoms with Crippen LogP contribution in [0.15, 0.2) is 10.4 Å². The normalized spacial score (nSPS) is 11.4. The van der Waals surface area contributed by atoms with Crippen LogP contribution in [0.2, 0.25) is 0 Å². The Morgan fingerprint density at radius 3 is 2.77 bits per heavy atom. The second-order valence-electron chi connectivity index (χ2n) is 5.07. The molecule has 0 unspecified atom stereocenters. The number of nitrogens with zero attached hydrogens (tertiary/aromatic N) is 2. The first-order valence-electron chi connectivity index (χ1n) is 7.66. The number of aliphatic imine (C=N–C) groups is 1. The number of guanidine groups is 1. The summed E-state index contributed by atoms with van der Waals surface area (Å²) in [7, 11) is 0. The average Bonchev–Trinajstić information content (AvgIpc) is 2.83. The number of halogens is 1. The highest BCUT2D eigenvalue weighted by Crippen LogP contribution is 2.07. The van der Waals surface area contributed by atoms with Crippen LogP contribution in [0.3, 0.4) is 0 Å². The van der Waals surface area contributed by atoms with Crippen LogP contribution >= 0.6 is 35.3 Å². The zero-order valence-corrected chi connectivity index (χ0v) is 17.2. The lowest BCUT2D eigenvalue weighted by Crippen LogP contribution is -2.38. The van der Waals surface area contributed by atoms with E-state index in [1.807, 2.05) is 6.92 Å². The van der Waals surface area contributed by atoms with E-state index in [4.69, 9.17) is 4.74 Å². The molecule has 2 N–H and O–H groups in total. The first kappa shape index (κ1) is 21.6. The molecule has 0 saturated heterocycles. The van der Waals surface area contributed by atoms with Gasteiger partial charge in [0.15, 0.2) is 5.96 Å². The van der Waals surface area contributed by atoms with E-state index >= 15 is 0 Å². The highest BCUT2D eigenvalue weighted by molar-refractivity contribution is 14.0. The third-order valence-corrected chi connectivity index (χ3v) is 3.53. The molecule has 0 saturated carbocycles. The predicted molar refractivity (Wildman–Crippen MR) is 106 cm³/mol. The fraction of sp³-hybridized carbons (Fsp3) is 0.733. The molecule has 0 radical (unpaired) electrons. The van der Waals surface area contributed by atoms with Crippen molar-refractivity contribution in [2.75, 3.05) is 26.2 Å². The Morgan fingerprint density at radius 2 is 2.18 bits per heavy atom. The van der Waals surface area contributed by atoms with E-state index in [-0.39, 0.29) is 24.0 Å². The standard InChI is InChI=1S/C15H28N4OS.HI/c1-5-16-15(17-8-6-10-20-12(2)3)18-9-7-14-11-21-13(4)19-14;/h11-12H,5-10H2,1-4H3,(H2,16,17,18);1H. The molecule has 1 heterocycles. The van der Waals surface area contributed by atoms with Gasteiger partial charge in [-0.3, -0.25) is 4.99 Å². The van der Waals surface area contributed by atoms with Crippen LogP contribution in [-0.2, 0) is 11.2 Å². The molecule has 0 aromatic carbocycles. The van der Waals surface area contributed by atoms with Crippen LogP contribution in [0.25, 0.3) is 0 Å². The van der Waals surface area contributed by atoms with Crippen molar-refractivity contribution < 1.29 is 4.74 Å². The lowest BCUT2D eigenvalue weighted by molar-refractivity contribution is 0.0782. The lowest BCUT2D eigenvalue weighted by atomic mass is 10.3. The van der Waals surface area contributed by atoms with Crippen LogP contribution in [-0.4, -0.2) is 43.3 Å². The van der Waals surface area contributed by atoms with Gasteiger partial charge in [-0.1, -0.05) is 0 Å². The van der Waals surface area contributed by atoms with E-state index < -0.39 is 0 Å². The number of aryl methyl sites for hydroxylation is 1. The first-order valence-corrected chi connectivity index (χ1v) is 8.54. The molecule has 0 fully saturated rings. The molecule has 128 valence electrons. The highest BCUT2D eigenvalue weighted by Gasteiger charge is 2.00. The molecule has 5 nitrogen and oxygen atoms in total. The molecule has 0 aliphatic heterocycles. The number of hydrogen-bond donors (Lipinski definition) is 2. The molecule has 0 bridgehead atoms. The first-order chi connectivity index (χ1) is 10.1. The Labute approximate surface area is 155 Å². The fourth-order valence-electron chi connectivity index (χ4n) is 1.75. The number of rotatable bonds is 9. The highest BCUT2D eigenvalue weighted by atomic mass is 127. The van der Waals surface area contributed by atoms with Crippen molar-refractivity contribution in [3.8, 4) is 0 Å². The Bertz CT molecular complexity index is 423. The summed E-state index contributed by atoms with van der Waals surface area (Å²) >= 11 is 1.70. The van der Waals surface area contributed by atoms with Crippen LogP contribution in [0, 0.1) is 6.92 Å². The molecule has 0 spiro atoms. The van der Waals surface area contributed by atoms with Gasteiger partial charge in [0.1, 0.15) is 0 Å². The molecule has 7 heteroatoms. The molecule has 1 aromatic heterocycles. The monoisotopic (exact) mass is 440 g/mol. The molecule has 0 amide bonds. The number of ether oxygens (including phenoxy) is 1. The van der Waals surface area contributed by atoms with E-state index in [0.29, 0.717) is 6.10 Å². The third-order valence-electron chi connectivity index (χ3n) is 2.71. The summed E-state index contributed by atoms with van der Waals surface area (Å²) in [4.78, 5) is 9.00. The summed E-state index contributed by atoms with van der Waals surface area (Å²) in [6.07, 6.45) is 2.16. The topological polar surface area (TPSA) is 58.5 Å². The van der Waals surface area contributed by atoms with Gasteiger partial charge in [0.25, 0.3) is 0 Å². The largest absolute Gasteiger partial charge is 0.379 e. The van der Waals surface area contributed by atoms with E-state index in [1.165, 1.54) is 0 Å². The molecule has 1 aromatic rings. The smallest absolute Gasteiger partial charge is 0.191 e. The Morgan fingerprint density at radius 1 is 1.41 bits per heavy atom. The van der Waals surface area contributed by atoms with Gasteiger partial charge in [-0.15, -0.1) is 35.3 Å². The van der Waals surface area contributed by atoms with Crippen molar-refractivity contribution in [3.05, 3.63) is 16.1 Å². The molecule has 0 aliphatic rings. The van der Waals surface area contributed by atoms with Gasteiger partial charge in [-0.2, -0.15) is 0 Å². The number of nitrogens with one attached hydrogen (secondary N) is 2. The summed E-state index contributed by atoms with van der Waals surface area (Å²) in [5.41, 5.74) is 1.14. The van der Waals surface area contributed by atoms with Crippen LogP contribution in [0.4, 0.5) is 0 Å². The minimum absolute atomic E-state index is 0. The van der Waals surface area contributed by atoms with E-state index in [0.717, 1.165) is 55.7 Å². The van der Waals surface area contributed by atoms with Gasteiger partial charge in [0.2, 0.25) is 0 Å². The van der Waals surface area contributed by atoms with Gasteiger partial charge < -0.3 is 15.4 Å². The maximum absolute atomic E-state index is 5.51. The van der Waals surface area contributed by atoms with Gasteiger partial charge in [0.05, 0.1) is 16.8 Å².